The predicted molar refractivity (Wildman–Crippen MR) is 71.8 cm³/mol. The lowest BCUT2D eigenvalue weighted by Crippen LogP contribution is -2.49. The molecule has 100 valence electrons. The zero-order valence-electron chi connectivity index (χ0n) is 11.0. The van der Waals surface area contributed by atoms with Crippen LogP contribution in [0.15, 0.2) is 24.3 Å². The minimum absolute atomic E-state index is 0.153. The van der Waals surface area contributed by atoms with Gasteiger partial charge >= 0.3 is 6.03 Å². The Bertz CT molecular complexity index is 513. The molecule has 4 nitrogen and oxygen atoms in total. The third kappa shape index (κ3) is 2.11. The molecule has 0 aromatic heterocycles. The van der Waals surface area contributed by atoms with Crippen LogP contribution in [0.2, 0.25) is 0 Å². The van der Waals surface area contributed by atoms with Crippen molar-refractivity contribution < 1.29 is 9.59 Å². The van der Waals surface area contributed by atoms with Crippen molar-refractivity contribution in [2.24, 2.45) is 0 Å². The number of imide groups is 1. The summed E-state index contributed by atoms with van der Waals surface area (Å²) in [6.45, 7) is 2.08. The fourth-order valence-corrected chi connectivity index (χ4v) is 3.16. The van der Waals surface area contributed by atoms with E-state index in [1.807, 2.05) is 0 Å². The lowest BCUT2D eigenvalue weighted by molar-refractivity contribution is -0.125. The van der Waals surface area contributed by atoms with E-state index in [1.165, 1.54) is 11.1 Å². The molecule has 3 rings (SSSR count). The Balaban J connectivity index is 1.71. The van der Waals surface area contributed by atoms with E-state index in [9.17, 15) is 9.59 Å². The largest absolute Gasteiger partial charge is 0.323 e. The molecule has 0 atom stereocenters. The predicted octanol–water partition coefficient (Wildman–Crippen LogP) is 2.23. The summed E-state index contributed by atoms with van der Waals surface area (Å²) in [6.07, 6.45) is 3.33. The molecule has 2 fully saturated rings. The molecular formula is C15H18N2O2. The summed E-state index contributed by atoms with van der Waals surface area (Å²) < 4.78 is 0. The normalized spacial score (nSPS) is 30.3. The van der Waals surface area contributed by atoms with Gasteiger partial charge in [-0.1, -0.05) is 29.8 Å². The van der Waals surface area contributed by atoms with Gasteiger partial charge in [-0.25, -0.2) is 4.79 Å². The summed E-state index contributed by atoms with van der Waals surface area (Å²) in [6, 6.07) is 8.25. The van der Waals surface area contributed by atoms with E-state index in [0.717, 1.165) is 25.7 Å². The number of carbonyl (C=O) groups excluding carboxylic acids is 2. The number of carbonyl (C=O) groups is 2. The fraction of sp³-hybridized carbons (Fsp3) is 0.467. The van der Waals surface area contributed by atoms with Crippen LogP contribution in [0.3, 0.4) is 0 Å². The van der Waals surface area contributed by atoms with Gasteiger partial charge in [-0.3, -0.25) is 10.1 Å². The fourth-order valence-electron chi connectivity index (χ4n) is 3.16. The van der Waals surface area contributed by atoms with Crippen molar-refractivity contribution in [3.8, 4) is 0 Å². The molecule has 1 spiro atoms. The minimum Gasteiger partial charge on any atom is -0.323 e. The van der Waals surface area contributed by atoms with Gasteiger partial charge in [-0.05, 0) is 44.1 Å². The van der Waals surface area contributed by atoms with E-state index in [-0.39, 0.29) is 11.9 Å². The first-order valence-corrected chi connectivity index (χ1v) is 6.79. The molecule has 0 radical (unpaired) electrons. The number of benzene rings is 1. The standard InChI is InChI=1S/C15H18N2O2/c1-10-2-4-11(5-3-10)12-6-8-15(9-7-12)13(18)16-14(19)17-15/h2-5,12H,6-9H2,1H3,(H2,16,17,18,19)/t12-,15+. The average Bonchev–Trinajstić information content (AvgIpc) is 2.66. The highest BCUT2D eigenvalue weighted by Gasteiger charge is 2.48. The van der Waals surface area contributed by atoms with Gasteiger partial charge in [-0.2, -0.15) is 0 Å². The lowest BCUT2D eigenvalue weighted by atomic mass is 9.74. The Morgan fingerprint density at radius 2 is 1.74 bits per heavy atom. The molecule has 1 aromatic carbocycles. The molecule has 0 bridgehead atoms. The Kier molecular flexibility index (Phi) is 2.81. The minimum atomic E-state index is -0.641. The van der Waals surface area contributed by atoms with Gasteiger partial charge in [0.2, 0.25) is 0 Å². The van der Waals surface area contributed by atoms with Crippen molar-refractivity contribution in [1.82, 2.24) is 10.6 Å². The molecule has 4 heteroatoms. The average molecular weight is 258 g/mol. The first kappa shape index (κ1) is 12.2. The van der Waals surface area contributed by atoms with E-state index in [1.54, 1.807) is 0 Å². The molecule has 1 aliphatic heterocycles. The maximum Gasteiger partial charge on any atom is 0.322 e. The third-order valence-electron chi connectivity index (χ3n) is 4.40. The van der Waals surface area contributed by atoms with Gasteiger partial charge in [0.1, 0.15) is 5.54 Å². The third-order valence-corrected chi connectivity index (χ3v) is 4.40. The molecular weight excluding hydrogens is 240 g/mol. The summed E-state index contributed by atoms with van der Waals surface area (Å²) in [4.78, 5) is 23.1. The van der Waals surface area contributed by atoms with E-state index >= 15 is 0 Å². The van der Waals surface area contributed by atoms with Crippen molar-refractivity contribution in [2.45, 2.75) is 44.1 Å². The van der Waals surface area contributed by atoms with Crippen LogP contribution in [-0.4, -0.2) is 17.5 Å². The SMILES string of the molecule is Cc1ccc([C@H]2CC[C@]3(CC2)NC(=O)NC3=O)cc1. The molecule has 1 saturated heterocycles. The number of urea groups is 1. The van der Waals surface area contributed by atoms with Crippen molar-refractivity contribution in [1.29, 1.82) is 0 Å². The lowest BCUT2D eigenvalue weighted by Gasteiger charge is -2.34. The number of hydrogen-bond acceptors (Lipinski definition) is 2. The zero-order chi connectivity index (χ0) is 13.5. The van der Waals surface area contributed by atoms with Crippen LogP contribution in [0.5, 0.6) is 0 Å². The summed E-state index contributed by atoms with van der Waals surface area (Å²) in [5.74, 6) is 0.344. The van der Waals surface area contributed by atoms with Crippen molar-refractivity contribution in [2.75, 3.05) is 0 Å². The van der Waals surface area contributed by atoms with Crippen LogP contribution in [0.25, 0.3) is 0 Å². The zero-order valence-corrected chi connectivity index (χ0v) is 11.0. The topological polar surface area (TPSA) is 58.2 Å². The molecule has 2 aliphatic rings. The first-order valence-electron chi connectivity index (χ1n) is 6.79. The van der Waals surface area contributed by atoms with E-state index < -0.39 is 5.54 Å². The van der Waals surface area contributed by atoms with E-state index in [0.29, 0.717) is 5.92 Å². The van der Waals surface area contributed by atoms with Gasteiger partial charge in [0.15, 0.2) is 0 Å². The Morgan fingerprint density at radius 3 is 2.26 bits per heavy atom. The van der Waals surface area contributed by atoms with E-state index in [2.05, 4.69) is 41.8 Å². The maximum atomic E-state index is 11.9. The Morgan fingerprint density at radius 1 is 1.11 bits per heavy atom. The van der Waals surface area contributed by atoms with Crippen molar-refractivity contribution in [3.05, 3.63) is 35.4 Å². The van der Waals surface area contributed by atoms with Crippen molar-refractivity contribution >= 4 is 11.9 Å². The van der Waals surface area contributed by atoms with Crippen LogP contribution in [0, 0.1) is 6.92 Å². The van der Waals surface area contributed by atoms with Gasteiger partial charge in [0.25, 0.3) is 5.91 Å². The Hall–Kier alpha value is -1.84. The number of rotatable bonds is 1. The highest BCUT2D eigenvalue weighted by Crippen LogP contribution is 2.39. The molecule has 1 heterocycles. The van der Waals surface area contributed by atoms with Gasteiger partial charge in [0.05, 0.1) is 0 Å². The van der Waals surface area contributed by atoms with Crippen LogP contribution in [-0.2, 0) is 4.79 Å². The first-order chi connectivity index (χ1) is 9.09. The summed E-state index contributed by atoms with van der Waals surface area (Å²) in [5.41, 5.74) is 1.96. The van der Waals surface area contributed by atoms with E-state index in [4.69, 9.17) is 0 Å². The van der Waals surface area contributed by atoms with Crippen LogP contribution >= 0.6 is 0 Å². The second-order valence-electron chi connectivity index (χ2n) is 5.68. The molecule has 1 aliphatic carbocycles. The molecule has 2 N–H and O–H groups in total. The number of aryl methyl sites for hydroxylation is 1. The monoisotopic (exact) mass is 258 g/mol. The van der Waals surface area contributed by atoms with Crippen molar-refractivity contribution in [3.63, 3.8) is 0 Å². The molecule has 1 aromatic rings. The number of hydrogen-bond donors (Lipinski definition) is 2. The quantitative estimate of drug-likeness (QED) is 0.759. The maximum absolute atomic E-state index is 11.9. The second-order valence-corrected chi connectivity index (χ2v) is 5.68. The number of nitrogens with one attached hydrogen (secondary N) is 2. The second kappa shape index (κ2) is 4.37. The Labute approximate surface area is 112 Å². The van der Waals surface area contributed by atoms with Gasteiger partial charge < -0.3 is 5.32 Å². The van der Waals surface area contributed by atoms with Gasteiger partial charge in [0, 0.05) is 0 Å². The van der Waals surface area contributed by atoms with Gasteiger partial charge in [-0.15, -0.1) is 0 Å². The summed E-state index contributed by atoms with van der Waals surface area (Å²) in [7, 11) is 0. The highest BCUT2D eigenvalue weighted by molar-refractivity contribution is 6.07. The molecule has 1 saturated carbocycles. The number of amides is 3. The summed E-state index contributed by atoms with van der Waals surface area (Å²) >= 11 is 0. The smallest absolute Gasteiger partial charge is 0.322 e. The van der Waals surface area contributed by atoms with Crippen LogP contribution in [0.4, 0.5) is 4.79 Å². The van der Waals surface area contributed by atoms with Crippen LogP contribution in [0.1, 0.15) is 42.7 Å². The van der Waals surface area contributed by atoms with Crippen LogP contribution < -0.4 is 10.6 Å². The highest BCUT2D eigenvalue weighted by atomic mass is 16.2. The molecule has 0 unspecified atom stereocenters. The summed E-state index contributed by atoms with van der Waals surface area (Å²) in [5, 5.41) is 5.15. The molecule has 3 amide bonds. The molecule has 19 heavy (non-hydrogen) atoms.